The third-order valence-electron chi connectivity index (χ3n) is 2.85. The van der Waals surface area contributed by atoms with Crippen LogP contribution in [0.25, 0.3) is 11.3 Å². The average molecular weight is 272 g/mol. The van der Waals surface area contributed by atoms with Gasteiger partial charge in [-0.15, -0.1) is 0 Å². The summed E-state index contributed by atoms with van der Waals surface area (Å²) >= 11 is 0. The van der Waals surface area contributed by atoms with Gasteiger partial charge in [-0.2, -0.15) is 0 Å². The summed E-state index contributed by atoms with van der Waals surface area (Å²) < 4.78 is 5.29. The number of nitrogens with two attached hydrogens (primary N) is 1. The molecule has 6 heteroatoms. The minimum atomic E-state index is -0.103. The first-order valence-corrected chi connectivity index (χ1v) is 6.10. The van der Waals surface area contributed by atoms with Gasteiger partial charge < -0.3 is 15.8 Å². The summed E-state index contributed by atoms with van der Waals surface area (Å²) in [5.74, 6) is 0.467. The van der Waals surface area contributed by atoms with Crippen molar-refractivity contribution < 1.29 is 9.53 Å². The molecule has 0 saturated heterocycles. The van der Waals surface area contributed by atoms with E-state index in [9.17, 15) is 4.79 Å². The molecule has 3 N–H and O–H groups in total. The van der Waals surface area contributed by atoms with E-state index < -0.39 is 0 Å². The van der Waals surface area contributed by atoms with E-state index in [4.69, 9.17) is 10.5 Å². The number of nitrogens with zero attached hydrogens (tertiary/aromatic N) is 2. The lowest BCUT2D eigenvalue weighted by Gasteiger charge is -2.10. The van der Waals surface area contributed by atoms with Gasteiger partial charge in [0.1, 0.15) is 0 Å². The number of nitrogen functional groups attached to an aromatic ring is 1. The number of ether oxygens (including phenoxy) is 1. The zero-order valence-electron chi connectivity index (χ0n) is 11.4. The Hall–Kier alpha value is -2.63. The van der Waals surface area contributed by atoms with E-state index in [0.29, 0.717) is 22.8 Å². The van der Waals surface area contributed by atoms with Crippen LogP contribution >= 0.6 is 0 Å². The van der Waals surface area contributed by atoms with Gasteiger partial charge in [0, 0.05) is 18.8 Å². The molecule has 0 spiro atoms. The maximum atomic E-state index is 11.3. The number of carbonyl (C=O) groups is 1. The number of carbonyl (C=O) groups excluding carboxylic acids is 1. The molecule has 1 aromatic carbocycles. The normalized spacial score (nSPS) is 10.1. The fourth-order valence-electron chi connectivity index (χ4n) is 1.82. The van der Waals surface area contributed by atoms with Crippen molar-refractivity contribution in [1.29, 1.82) is 0 Å². The van der Waals surface area contributed by atoms with Crippen LogP contribution < -0.4 is 15.8 Å². The number of methoxy groups -OCH3 is 1. The van der Waals surface area contributed by atoms with Gasteiger partial charge in [0.05, 0.1) is 36.8 Å². The van der Waals surface area contributed by atoms with E-state index in [-0.39, 0.29) is 12.3 Å². The Labute approximate surface area is 117 Å². The van der Waals surface area contributed by atoms with Crippen molar-refractivity contribution in [2.24, 2.45) is 0 Å². The van der Waals surface area contributed by atoms with E-state index in [1.54, 1.807) is 32.6 Å². The van der Waals surface area contributed by atoms with Gasteiger partial charge in [0.15, 0.2) is 5.75 Å². The highest BCUT2D eigenvalue weighted by atomic mass is 16.5. The van der Waals surface area contributed by atoms with E-state index in [1.807, 2.05) is 12.1 Å². The van der Waals surface area contributed by atoms with E-state index in [1.165, 1.54) is 0 Å². The van der Waals surface area contributed by atoms with Crippen molar-refractivity contribution in [2.75, 3.05) is 19.9 Å². The van der Waals surface area contributed by atoms with Gasteiger partial charge in [-0.05, 0) is 12.1 Å². The number of para-hydroxylation sites is 1. The summed E-state index contributed by atoms with van der Waals surface area (Å²) in [6.45, 7) is 0. The molecule has 0 radical (unpaired) electrons. The Bertz CT molecular complexity index is 611. The Kier molecular flexibility index (Phi) is 4.14. The summed E-state index contributed by atoms with van der Waals surface area (Å²) in [4.78, 5) is 19.8. The van der Waals surface area contributed by atoms with Crippen LogP contribution in [0.4, 0.5) is 5.69 Å². The average Bonchev–Trinajstić information content (AvgIpc) is 2.47. The molecule has 0 atom stereocenters. The largest absolute Gasteiger partial charge is 0.494 e. The highest BCUT2D eigenvalue weighted by Gasteiger charge is 2.11. The molecular weight excluding hydrogens is 256 g/mol. The second kappa shape index (κ2) is 6.01. The van der Waals surface area contributed by atoms with E-state index in [2.05, 4.69) is 15.3 Å². The number of amides is 1. The van der Waals surface area contributed by atoms with Crippen LogP contribution in [0.2, 0.25) is 0 Å². The topological polar surface area (TPSA) is 90.1 Å². The summed E-state index contributed by atoms with van der Waals surface area (Å²) in [6, 6.07) is 5.45. The number of aromatic nitrogens is 2. The van der Waals surface area contributed by atoms with Crippen molar-refractivity contribution >= 4 is 11.6 Å². The molecule has 1 heterocycles. The van der Waals surface area contributed by atoms with Crippen LogP contribution in [0.5, 0.6) is 5.75 Å². The molecule has 1 aromatic heterocycles. The molecule has 0 fully saturated rings. The molecule has 0 aliphatic rings. The predicted octanol–water partition coefficient (Wildman–Crippen LogP) is 1.02. The third kappa shape index (κ3) is 2.85. The molecular formula is C14H16N4O2. The maximum Gasteiger partial charge on any atom is 0.225 e. The van der Waals surface area contributed by atoms with Crippen molar-refractivity contribution in [3.05, 3.63) is 36.3 Å². The number of nitrogens with one attached hydrogen (secondary N) is 1. The second-order valence-electron chi connectivity index (χ2n) is 4.17. The highest BCUT2D eigenvalue weighted by Crippen LogP contribution is 2.33. The smallest absolute Gasteiger partial charge is 0.225 e. The van der Waals surface area contributed by atoms with E-state index in [0.717, 1.165) is 5.56 Å². The van der Waals surface area contributed by atoms with E-state index >= 15 is 0 Å². The quantitative estimate of drug-likeness (QED) is 0.811. The second-order valence-corrected chi connectivity index (χ2v) is 4.17. The van der Waals surface area contributed by atoms with Crippen LogP contribution in [0.15, 0.2) is 30.6 Å². The van der Waals surface area contributed by atoms with Gasteiger partial charge >= 0.3 is 0 Å². The molecule has 0 bridgehead atoms. The van der Waals surface area contributed by atoms with Crippen LogP contribution in [-0.2, 0) is 11.2 Å². The van der Waals surface area contributed by atoms with Crippen molar-refractivity contribution in [3.8, 4) is 17.0 Å². The minimum Gasteiger partial charge on any atom is -0.494 e. The number of anilines is 1. The zero-order valence-corrected chi connectivity index (χ0v) is 11.4. The Morgan fingerprint density at radius 1 is 1.35 bits per heavy atom. The fourth-order valence-corrected chi connectivity index (χ4v) is 1.82. The highest BCUT2D eigenvalue weighted by molar-refractivity contribution is 5.78. The van der Waals surface area contributed by atoms with Crippen LogP contribution in [0, 0.1) is 0 Å². The van der Waals surface area contributed by atoms with Gasteiger partial charge in [0.25, 0.3) is 0 Å². The summed E-state index contributed by atoms with van der Waals surface area (Å²) in [5.41, 5.74) is 8.42. The number of likely N-dealkylation sites (N-methyl/N-ethyl adjacent to an activating group) is 1. The third-order valence-corrected chi connectivity index (χ3v) is 2.85. The monoisotopic (exact) mass is 272 g/mol. The van der Waals surface area contributed by atoms with Gasteiger partial charge in [-0.1, -0.05) is 6.07 Å². The zero-order chi connectivity index (χ0) is 14.5. The number of hydrogen-bond donors (Lipinski definition) is 2. The van der Waals surface area contributed by atoms with Crippen molar-refractivity contribution in [2.45, 2.75) is 6.42 Å². The standard InChI is InChI=1S/C14H16N4O2/c1-16-13(19)6-9-7-18-12(8-17-9)10-4-3-5-11(15)14(10)20-2/h3-5,7-8H,6,15H2,1-2H3,(H,16,19). The SMILES string of the molecule is CNC(=O)Cc1cnc(-c2cccc(N)c2OC)cn1. The molecule has 0 aliphatic carbocycles. The van der Waals surface area contributed by atoms with Crippen LogP contribution in [-0.4, -0.2) is 30.0 Å². The molecule has 0 aliphatic heterocycles. The summed E-state index contributed by atoms with van der Waals surface area (Å²) in [5, 5.41) is 2.54. The number of benzene rings is 1. The van der Waals surface area contributed by atoms with Crippen molar-refractivity contribution in [1.82, 2.24) is 15.3 Å². The Morgan fingerprint density at radius 3 is 2.75 bits per heavy atom. The Balaban J connectivity index is 2.31. The molecule has 6 nitrogen and oxygen atoms in total. The molecule has 2 aromatic rings. The fraction of sp³-hybridized carbons (Fsp3) is 0.214. The first-order chi connectivity index (χ1) is 9.65. The van der Waals surface area contributed by atoms with Gasteiger partial charge in [-0.25, -0.2) is 0 Å². The maximum absolute atomic E-state index is 11.3. The Morgan fingerprint density at radius 2 is 2.15 bits per heavy atom. The molecule has 104 valence electrons. The molecule has 2 rings (SSSR count). The molecule has 20 heavy (non-hydrogen) atoms. The number of hydrogen-bond acceptors (Lipinski definition) is 5. The minimum absolute atomic E-state index is 0.103. The van der Waals surface area contributed by atoms with Crippen molar-refractivity contribution in [3.63, 3.8) is 0 Å². The predicted molar refractivity (Wildman–Crippen MR) is 76.2 cm³/mol. The summed E-state index contributed by atoms with van der Waals surface area (Å²) in [6.07, 6.45) is 3.39. The number of rotatable bonds is 4. The first kappa shape index (κ1) is 13.8. The summed E-state index contributed by atoms with van der Waals surface area (Å²) in [7, 11) is 3.14. The lowest BCUT2D eigenvalue weighted by Crippen LogP contribution is -2.20. The molecule has 0 unspecified atom stereocenters. The first-order valence-electron chi connectivity index (χ1n) is 6.10. The molecule has 0 saturated carbocycles. The lowest BCUT2D eigenvalue weighted by atomic mass is 10.1. The van der Waals surface area contributed by atoms with Crippen LogP contribution in [0.3, 0.4) is 0 Å². The molecule has 1 amide bonds. The lowest BCUT2D eigenvalue weighted by molar-refractivity contribution is -0.120. The van der Waals surface area contributed by atoms with Crippen LogP contribution in [0.1, 0.15) is 5.69 Å². The van der Waals surface area contributed by atoms with Gasteiger partial charge in [-0.3, -0.25) is 14.8 Å². The van der Waals surface area contributed by atoms with Gasteiger partial charge in [0.2, 0.25) is 5.91 Å².